The summed E-state index contributed by atoms with van der Waals surface area (Å²) in [6, 6.07) is 5.29. The van der Waals surface area contributed by atoms with Crippen LogP contribution in [0.5, 0.6) is 11.5 Å². The summed E-state index contributed by atoms with van der Waals surface area (Å²) in [5, 5.41) is -0.0491. The first-order valence-corrected chi connectivity index (χ1v) is 8.80. The lowest BCUT2D eigenvalue weighted by molar-refractivity contribution is -0.127. The third-order valence-electron chi connectivity index (χ3n) is 3.36. The van der Waals surface area contributed by atoms with Crippen LogP contribution in [-0.2, 0) is 9.53 Å². The van der Waals surface area contributed by atoms with Crippen LogP contribution < -0.4 is 9.47 Å². The zero-order valence-corrected chi connectivity index (χ0v) is 15.4. The molecule has 0 aliphatic carbocycles. The van der Waals surface area contributed by atoms with Gasteiger partial charge in [-0.05, 0) is 45.4 Å². The Morgan fingerprint density at radius 1 is 1.33 bits per heavy atom. The number of nitrogens with zero attached hydrogens (tertiary/aromatic N) is 1. The molecule has 1 atom stereocenters. The Morgan fingerprint density at radius 3 is 2.62 bits per heavy atom. The van der Waals surface area contributed by atoms with E-state index in [0.29, 0.717) is 18.0 Å². The van der Waals surface area contributed by atoms with E-state index in [2.05, 4.69) is 0 Å². The molecule has 2 rings (SSSR count). The van der Waals surface area contributed by atoms with Crippen molar-refractivity contribution < 1.29 is 23.8 Å². The highest BCUT2D eigenvalue weighted by Gasteiger charge is 2.32. The van der Waals surface area contributed by atoms with Crippen molar-refractivity contribution in [2.24, 2.45) is 0 Å². The zero-order valence-electron chi connectivity index (χ0n) is 14.6. The third kappa shape index (κ3) is 4.35. The highest BCUT2D eigenvalue weighted by atomic mass is 32.2. The fourth-order valence-electron chi connectivity index (χ4n) is 2.35. The molecule has 1 amide bonds. The number of ether oxygens (including phenoxy) is 3. The van der Waals surface area contributed by atoms with Crippen molar-refractivity contribution in [2.75, 3.05) is 19.4 Å². The summed E-state index contributed by atoms with van der Waals surface area (Å²) in [6.07, 6.45) is -0.783. The molecule has 0 spiro atoms. The van der Waals surface area contributed by atoms with Gasteiger partial charge in [-0.25, -0.2) is 4.79 Å². The molecule has 1 aliphatic heterocycles. The van der Waals surface area contributed by atoms with Gasteiger partial charge >= 0.3 is 6.16 Å². The van der Waals surface area contributed by atoms with Crippen molar-refractivity contribution in [1.29, 1.82) is 0 Å². The summed E-state index contributed by atoms with van der Waals surface area (Å²) >= 11 is 1.57. The van der Waals surface area contributed by atoms with Gasteiger partial charge < -0.3 is 19.1 Å². The molecule has 7 heteroatoms. The molecule has 1 saturated heterocycles. The van der Waals surface area contributed by atoms with Gasteiger partial charge in [-0.3, -0.25) is 4.79 Å². The molecule has 0 saturated carbocycles. The van der Waals surface area contributed by atoms with Crippen LogP contribution in [-0.4, -0.2) is 42.0 Å². The summed E-state index contributed by atoms with van der Waals surface area (Å²) in [5.74, 6) is 1.31. The van der Waals surface area contributed by atoms with Crippen LogP contribution in [0.25, 0.3) is 0 Å². The average Bonchev–Trinajstić information content (AvgIpc) is 2.86. The summed E-state index contributed by atoms with van der Waals surface area (Å²) in [7, 11) is 1.51. The van der Waals surface area contributed by atoms with Gasteiger partial charge in [0.25, 0.3) is 0 Å². The maximum Gasteiger partial charge on any atom is 0.514 e. The van der Waals surface area contributed by atoms with Gasteiger partial charge in [-0.15, -0.1) is 11.8 Å². The minimum Gasteiger partial charge on any atom is -0.493 e. The number of methoxy groups -OCH3 is 1. The summed E-state index contributed by atoms with van der Waals surface area (Å²) in [4.78, 5) is 25.5. The Balaban J connectivity index is 2.19. The van der Waals surface area contributed by atoms with E-state index < -0.39 is 11.8 Å². The molecule has 1 aromatic carbocycles. The summed E-state index contributed by atoms with van der Waals surface area (Å²) < 4.78 is 15.7. The lowest BCUT2D eigenvalue weighted by Crippen LogP contribution is -2.27. The number of hydrogen-bond acceptors (Lipinski definition) is 6. The average molecular weight is 353 g/mol. The SMILES string of the molecule is CCN1C(=O)CSC1c1ccc(OC(=O)OC(C)(C)C)c(OC)c1. The fourth-order valence-corrected chi connectivity index (χ4v) is 3.61. The first-order valence-electron chi connectivity index (χ1n) is 7.75. The second-order valence-electron chi connectivity index (χ2n) is 6.32. The third-order valence-corrected chi connectivity index (χ3v) is 4.62. The van der Waals surface area contributed by atoms with Crippen molar-refractivity contribution in [3.63, 3.8) is 0 Å². The second-order valence-corrected chi connectivity index (χ2v) is 7.39. The van der Waals surface area contributed by atoms with Crippen molar-refractivity contribution in [2.45, 2.75) is 38.7 Å². The fraction of sp³-hybridized carbons (Fsp3) is 0.529. The van der Waals surface area contributed by atoms with Crippen molar-refractivity contribution >= 4 is 23.8 Å². The molecule has 0 radical (unpaired) electrons. The number of carbonyl (C=O) groups is 2. The first kappa shape index (κ1) is 18.4. The lowest BCUT2D eigenvalue weighted by Gasteiger charge is -2.23. The Morgan fingerprint density at radius 2 is 2.04 bits per heavy atom. The van der Waals surface area contributed by atoms with Gasteiger partial charge in [0.1, 0.15) is 11.0 Å². The number of amides is 1. The number of benzene rings is 1. The largest absolute Gasteiger partial charge is 0.514 e. The van der Waals surface area contributed by atoms with Crippen LogP contribution in [0.3, 0.4) is 0 Å². The molecule has 6 nitrogen and oxygen atoms in total. The molecule has 0 N–H and O–H groups in total. The Kier molecular flexibility index (Phi) is 5.64. The number of carbonyl (C=O) groups excluding carboxylic acids is 2. The molecule has 1 aliphatic rings. The van der Waals surface area contributed by atoms with Gasteiger partial charge in [0.05, 0.1) is 12.9 Å². The topological polar surface area (TPSA) is 65.1 Å². The van der Waals surface area contributed by atoms with E-state index in [4.69, 9.17) is 14.2 Å². The first-order chi connectivity index (χ1) is 11.2. The molecule has 24 heavy (non-hydrogen) atoms. The van der Waals surface area contributed by atoms with E-state index in [9.17, 15) is 9.59 Å². The normalized spacial score (nSPS) is 17.8. The molecular weight excluding hydrogens is 330 g/mol. The van der Waals surface area contributed by atoms with Crippen molar-refractivity contribution in [3.05, 3.63) is 23.8 Å². The molecule has 0 bridgehead atoms. The molecule has 1 heterocycles. The van der Waals surface area contributed by atoms with E-state index >= 15 is 0 Å². The zero-order chi connectivity index (χ0) is 17.9. The highest BCUT2D eigenvalue weighted by Crippen LogP contribution is 2.41. The predicted octanol–water partition coefficient (Wildman–Crippen LogP) is 3.60. The van der Waals surface area contributed by atoms with Crippen LogP contribution in [0, 0.1) is 0 Å². The number of thioether (sulfide) groups is 1. The van der Waals surface area contributed by atoms with E-state index in [0.717, 1.165) is 5.56 Å². The van der Waals surface area contributed by atoms with Crippen LogP contribution in [0.4, 0.5) is 4.79 Å². The Hall–Kier alpha value is -1.89. The molecule has 1 aromatic rings. The summed E-state index contributed by atoms with van der Waals surface area (Å²) in [6.45, 7) is 7.90. The highest BCUT2D eigenvalue weighted by molar-refractivity contribution is 8.00. The molecule has 0 aromatic heterocycles. The number of rotatable bonds is 4. The predicted molar refractivity (Wildman–Crippen MR) is 92.4 cm³/mol. The van der Waals surface area contributed by atoms with E-state index in [1.807, 2.05) is 17.9 Å². The standard InChI is InChI=1S/C17H23NO5S/c1-6-18-14(19)10-24-15(18)11-7-8-12(13(9-11)21-5)22-16(20)23-17(2,3)4/h7-9,15H,6,10H2,1-5H3. The van der Waals surface area contributed by atoms with E-state index in [1.165, 1.54) is 7.11 Å². The van der Waals surface area contributed by atoms with Gasteiger partial charge in [0, 0.05) is 6.54 Å². The monoisotopic (exact) mass is 353 g/mol. The second kappa shape index (κ2) is 7.34. The van der Waals surface area contributed by atoms with Crippen LogP contribution in [0.15, 0.2) is 18.2 Å². The molecule has 1 fully saturated rings. The van der Waals surface area contributed by atoms with Crippen molar-refractivity contribution in [1.82, 2.24) is 4.90 Å². The number of hydrogen-bond donors (Lipinski definition) is 0. The smallest absolute Gasteiger partial charge is 0.493 e. The van der Waals surface area contributed by atoms with Crippen LogP contribution >= 0.6 is 11.8 Å². The molecular formula is C17H23NO5S. The van der Waals surface area contributed by atoms with E-state index in [-0.39, 0.29) is 17.0 Å². The van der Waals surface area contributed by atoms with Crippen LogP contribution in [0.1, 0.15) is 38.6 Å². The Bertz CT molecular complexity index is 626. The molecule has 1 unspecified atom stereocenters. The van der Waals surface area contributed by atoms with Gasteiger partial charge in [0.15, 0.2) is 11.5 Å². The minimum atomic E-state index is -0.783. The lowest BCUT2D eigenvalue weighted by atomic mass is 10.2. The van der Waals surface area contributed by atoms with Gasteiger partial charge in [-0.1, -0.05) is 6.07 Å². The maximum atomic E-state index is 11.9. The van der Waals surface area contributed by atoms with Gasteiger partial charge in [0.2, 0.25) is 5.91 Å². The van der Waals surface area contributed by atoms with E-state index in [1.54, 1.807) is 44.7 Å². The quantitative estimate of drug-likeness (QED) is 0.609. The minimum absolute atomic E-state index is 0.0491. The Labute approximate surface area is 146 Å². The summed E-state index contributed by atoms with van der Waals surface area (Å²) in [5.41, 5.74) is 0.299. The van der Waals surface area contributed by atoms with Crippen molar-refractivity contribution in [3.8, 4) is 11.5 Å². The molecule has 132 valence electrons. The van der Waals surface area contributed by atoms with Gasteiger partial charge in [-0.2, -0.15) is 0 Å². The maximum absolute atomic E-state index is 11.9. The van der Waals surface area contributed by atoms with Crippen LogP contribution in [0.2, 0.25) is 0 Å².